The maximum Gasteiger partial charge on any atom is 0.121 e. The summed E-state index contributed by atoms with van der Waals surface area (Å²) in [6.45, 7) is 2.14. The Kier molecular flexibility index (Phi) is 4.82. The molecule has 5 unspecified atom stereocenters. The van der Waals surface area contributed by atoms with E-state index in [9.17, 15) is 9.65 Å². The predicted octanol–water partition coefficient (Wildman–Crippen LogP) is 7.49. The van der Waals surface area contributed by atoms with E-state index in [0.29, 0.717) is 6.04 Å². The molecule has 0 radical (unpaired) electrons. The van der Waals surface area contributed by atoms with E-state index in [1.807, 2.05) is 18.2 Å². The monoisotopic (exact) mass is 473 g/mol. The van der Waals surface area contributed by atoms with Gasteiger partial charge in [0.15, 0.2) is 0 Å². The number of nitriles is 1. The van der Waals surface area contributed by atoms with Crippen LogP contribution >= 0.6 is 0 Å². The van der Waals surface area contributed by atoms with Crippen LogP contribution in [-0.4, -0.2) is 18.1 Å². The van der Waals surface area contributed by atoms with Crippen molar-refractivity contribution in [2.75, 3.05) is 9.80 Å². The lowest BCUT2D eigenvalue weighted by atomic mass is 9.86. The standard InChI is InChI=1S/C32H28FN3/c1-20-7-6-8-21(19-34)32(20)36-30-16-14-23(18-27(30)26-15-13-22(33)17-31(26)36)35-28-11-4-2-9-24(28)25-10-3-5-12-29(25)35/h2,4,6-11,13-18,20,26,29,31-32H,3,5,12H2,1H3. The number of fused-ring (bicyclic) bond motifs is 6. The van der Waals surface area contributed by atoms with Crippen LogP contribution in [0.3, 0.4) is 0 Å². The lowest BCUT2D eigenvalue weighted by Gasteiger charge is -2.39. The Bertz CT molecular complexity index is 1450. The highest BCUT2D eigenvalue weighted by Gasteiger charge is 2.44. The van der Waals surface area contributed by atoms with E-state index in [0.717, 1.165) is 24.1 Å². The minimum absolute atomic E-state index is 0.0525. The number of benzene rings is 2. The molecule has 36 heavy (non-hydrogen) atoms. The molecule has 3 nitrogen and oxygen atoms in total. The Morgan fingerprint density at radius 3 is 2.86 bits per heavy atom. The molecular weight excluding hydrogens is 445 g/mol. The quantitative estimate of drug-likeness (QED) is 0.453. The van der Waals surface area contributed by atoms with Crippen LogP contribution < -0.4 is 9.80 Å². The van der Waals surface area contributed by atoms with Crippen molar-refractivity contribution >= 4 is 22.6 Å². The summed E-state index contributed by atoms with van der Waals surface area (Å²) in [5.41, 5.74) is 8.30. The van der Waals surface area contributed by atoms with Gasteiger partial charge in [-0.1, -0.05) is 49.4 Å². The number of hydrogen-bond acceptors (Lipinski definition) is 3. The maximum atomic E-state index is 14.6. The lowest BCUT2D eigenvalue weighted by molar-refractivity contribution is 0.509. The highest BCUT2D eigenvalue weighted by molar-refractivity contribution is 5.93. The van der Waals surface area contributed by atoms with Crippen LogP contribution in [0.15, 0.2) is 96.4 Å². The molecule has 2 aliphatic heterocycles. The molecular formula is C32H28FN3. The minimum atomic E-state index is -0.207. The molecule has 178 valence electrons. The molecule has 5 atom stereocenters. The van der Waals surface area contributed by atoms with Crippen molar-refractivity contribution in [1.29, 1.82) is 5.26 Å². The number of anilines is 3. The van der Waals surface area contributed by atoms with Crippen molar-refractivity contribution in [3.8, 4) is 6.07 Å². The van der Waals surface area contributed by atoms with Crippen molar-refractivity contribution in [3.05, 3.63) is 108 Å². The van der Waals surface area contributed by atoms with E-state index in [1.165, 1.54) is 34.5 Å². The molecule has 0 amide bonds. The summed E-state index contributed by atoms with van der Waals surface area (Å²) in [5, 5.41) is 9.93. The topological polar surface area (TPSA) is 30.3 Å². The van der Waals surface area contributed by atoms with Crippen LogP contribution in [0.25, 0.3) is 5.57 Å². The van der Waals surface area contributed by atoms with E-state index in [4.69, 9.17) is 0 Å². The summed E-state index contributed by atoms with van der Waals surface area (Å²) >= 11 is 0. The van der Waals surface area contributed by atoms with Gasteiger partial charge in [0.1, 0.15) is 5.83 Å². The molecule has 7 rings (SSSR count). The SMILES string of the molecule is CC1C=CC=C(C#N)C1N1c2ccc(N3c4ccccc4C4=CCCCC43)cc2C2C=CC(F)=CC21. The fourth-order valence-corrected chi connectivity index (χ4v) is 7.02. The van der Waals surface area contributed by atoms with Crippen LogP contribution in [0.2, 0.25) is 0 Å². The number of halogens is 1. The first-order chi connectivity index (χ1) is 17.7. The third kappa shape index (κ3) is 3.02. The molecule has 5 aliphatic rings. The van der Waals surface area contributed by atoms with Gasteiger partial charge in [-0.3, -0.25) is 0 Å². The van der Waals surface area contributed by atoms with Crippen molar-refractivity contribution in [2.45, 2.75) is 50.2 Å². The van der Waals surface area contributed by atoms with E-state index < -0.39 is 0 Å². The van der Waals surface area contributed by atoms with Crippen LogP contribution in [-0.2, 0) is 0 Å². The van der Waals surface area contributed by atoms with Crippen molar-refractivity contribution < 1.29 is 4.39 Å². The second-order valence-corrected chi connectivity index (χ2v) is 10.5. The van der Waals surface area contributed by atoms with Gasteiger partial charge < -0.3 is 9.80 Å². The van der Waals surface area contributed by atoms with Gasteiger partial charge in [0.2, 0.25) is 0 Å². The Morgan fingerprint density at radius 1 is 1.08 bits per heavy atom. The third-order valence-corrected chi connectivity index (χ3v) is 8.54. The molecule has 2 heterocycles. The summed E-state index contributed by atoms with van der Waals surface area (Å²) < 4.78 is 14.6. The number of nitrogens with zero attached hydrogens (tertiary/aromatic N) is 3. The summed E-state index contributed by atoms with van der Waals surface area (Å²) in [4.78, 5) is 4.80. The van der Waals surface area contributed by atoms with Crippen molar-refractivity contribution in [3.63, 3.8) is 0 Å². The van der Waals surface area contributed by atoms with Gasteiger partial charge >= 0.3 is 0 Å². The van der Waals surface area contributed by atoms with Crippen molar-refractivity contribution in [2.24, 2.45) is 5.92 Å². The van der Waals surface area contributed by atoms with Crippen molar-refractivity contribution in [1.82, 2.24) is 0 Å². The molecule has 4 heteroatoms. The number of para-hydroxylation sites is 1. The first kappa shape index (κ1) is 21.4. The van der Waals surface area contributed by atoms with Gasteiger partial charge in [0.25, 0.3) is 0 Å². The average Bonchev–Trinajstić information content (AvgIpc) is 3.40. The molecule has 3 aliphatic carbocycles. The van der Waals surface area contributed by atoms with E-state index in [-0.39, 0.29) is 29.7 Å². The van der Waals surface area contributed by atoms with Crippen LogP contribution in [0, 0.1) is 17.2 Å². The molecule has 2 aromatic rings. The molecule has 2 aromatic carbocycles. The molecule has 0 spiro atoms. The number of rotatable bonds is 2. The molecule has 0 saturated carbocycles. The maximum absolute atomic E-state index is 14.6. The second-order valence-electron chi connectivity index (χ2n) is 10.5. The molecule has 0 N–H and O–H groups in total. The Hall–Kier alpha value is -3.84. The van der Waals surface area contributed by atoms with Gasteiger partial charge in [-0.05, 0) is 78.8 Å². The Balaban J connectivity index is 1.37. The first-order valence-corrected chi connectivity index (χ1v) is 13.0. The lowest BCUT2D eigenvalue weighted by Crippen LogP contribution is -2.46. The average molecular weight is 474 g/mol. The smallest absolute Gasteiger partial charge is 0.121 e. The van der Waals surface area contributed by atoms with Gasteiger partial charge in [-0.2, -0.15) is 5.26 Å². The fourth-order valence-electron chi connectivity index (χ4n) is 7.02. The normalized spacial score (nSPS) is 29.5. The molecule has 0 aromatic heterocycles. The Morgan fingerprint density at radius 2 is 1.97 bits per heavy atom. The predicted molar refractivity (Wildman–Crippen MR) is 144 cm³/mol. The zero-order valence-electron chi connectivity index (χ0n) is 20.3. The molecule has 0 saturated heterocycles. The van der Waals surface area contributed by atoms with Crippen LogP contribution in [0.5, 0.6) is 0 Å². The van der Waals surface area contributed by atoms with Gasteiger partial charge in [-0.25, -0.2) is 4.39 Å². The van der Waals surface area contributed by atoms with Crippen LogP contribution in [0.4, 0.5) is 21.5 Å². The van der Waals surface area contributed by atoms with Gasteiger partial charge in [0.05, 0.1) is 29.8 Å². The fraction of sp³-hybridized carbons (Fsp3) is 0.281. The van der Waals surface area contributed by atoms with E-state index in [1.54, 1.807) is 12.2 Å². The first-order valence-electron chi connectivity index (χ1n) is 13.0. The summed E-state index contributed by atoms with van der Waals surface area (Å²) in [6.07, 6.45) is 17.3. The zero-order valence-corrected chi connectivity index (χ0v) is 20.3. The number of allylic oxidation sites excluding steroid dienone is 5. The van der Waals surface area contributed by atoms with Gasteiger partial charge in [-0.15, -0.1) is 0 Å². The highest BCUT2D eigenvalue weighted by atomic mass is 19.1. The minimum Gasteiger partial charge on any atom is -0.355 e. The zero-order chi connectivity index (χ0) is 24.4. The summed E-state index contributed by atoms with van der Waals surface area (Å²) in [6, 6.07) is 18.0. The highest BCUT2D eigenvalue weighted by Crippen LogP contribution is 2.52. The van der Waals surface area contributed by atoms with Gasteiger partial charge in [0, 0.05) is 28.5 Å². The third-order valence-electron chi connectivity index (χ3n) is 8.54. The van der Waals surface area contributed by atoms with E-state index >= 15 is 0 Å². The second kappa shape index (κ2) is 8.10. The summed E-state index contributed by atoms with van der Waals surface area (Å²) in [7, 11) is 0. The largest absolute Gasteiger partial charge is 0.355 e. The Labute approximate surface area is 211 Å². The summed E-state index contributed by atoms with van der Waals surface area (Å²) in [5.74, 6) is -0.00312. The van der Waals surface area contributed by atoms with E-state index in [2.05, 4.69) is 77.4 Å². The van der Waals surface area contributed by atoms with Crippen LogP contribution in [0.1, 0.15) is 43.2 Å². The molecule has 0 fully saturated rings. The number of hydrogen-bond donors (Lipinski definition) is 0. The molecule has 0 bridgehead atoms.